The molecule has 5 nitrogen and oxygen atoms in total. The number of carbonyl (C=O) groups is 1. The number of nitrogens with zero attached hydrogens (tertiary/aromatic N) is 3. The number of aliphatic imine (C=N–C) groups is 1. The topological polar surface area (TPSA) is 49.0 Å². The summed E-state index contributed by atoms with van der Waals surface area (Å²) in [5, 5.41) is 3.89. The van der Waals surface area contributed by atoms with Crippen LogP contribution in [-0.2, 0) is 4.79 Å². The summed E-state index contributed by atoms with van der Waals surface area (Å²) in [6.45, 7) is 0. The predicted octanol–water partition coefficient (Wildman–Crippen LogP) is 3.36. The molecular weight excluding hydrogens is 298 g/mol. The predicted molar refractivity (Wildman–Crippen MR) is 88.3 cm³/mol. The third kappa shape index (κ3) is 2.98. The highest BCUT2D eigenvalue weighted by molar-refractivity contribution is 8.18. The highest BCUT2D eigenvalue weighted by Crippen LogP contribution is 2.34. The summed E-state index contributed by atoms with van der Waals surface area (Å²) in [6, 6.07) is 13.2. The minimum Gasteiger partial charge on any atom is -0.465 e. The number of hydrazine groups is 1. The quantitative estimate of drug-likeness (QED) is 0.815. The number of hydrogen-bond donors (Lipinski definition) is 0. The van der Waals surface area contributed by atoms with Gasteiger partial charge in [0, 0.05) is 20.2 Å². The van der Waals surface area contributed by atoms with Gasteiger partial charge in [-0.3, -0.25) is 4.79 Å². The van der Waals surface area contributed by atoms with Gasteiger partial charge in [0.1, 0.15) is 5.76 Å². The summed E-state index contributed by atoms with van der Waals surface area (Å²) in [5.41, 5.74) is 0.809. The van der Waals surface area contributed by atoms with Crippen molar-refractivity contribution in [2.45, 2.75) is 0 Å². The number of para-hydroxylation sites is 1. The van der Waals surface area contributed by atoms with Gasteiger partial charge in [-0.15, -0.1) is 0 Å². The van der Waals surface area contributed by atoms with E-state index in [1.807, 2.05) is 50.5 Å². The molecule has 0 spiro atoms. The Bertz CT molecular complexity index is 721. The van der Waals surface area contributed by atoms with Gasteiger partial charge in [0.2, 0.25) is 0 Å². The molecule has 1 aliphatic heterocycles. The molecule has 1 aromatic carbocycles. The fraction of sp³-hybridized carbons (Fsp3) is 0.125. The second-order valence-electron chi connectivity index (χ2n) is 4.82. The molecule has 0 atom stereocenters. The van der Waals surface area contributed by atoms with E-state index in [2.05, 4.69) is 4.99 Å². The fourth-order valence-electron chi connectivity index (χ4n) is 2.01. The molecule has 3 rings (SSSR count). The summed E-state index contributed by atoms with van der Waals surface area (Å²) in [7, 11) is 3.63. The van der Waals surface area contributed by atoms with Crippen LogP contribution in [0.3, 0.4) is 0 Å². The SMILES string of the molecule is CN(C)N1C(=O)C(=Cc2ccco2)SC1=Nc1ccccc1. The number of amidine groups is 1. The maximum Gasteiger partial charge on any atom is 0.281 e. The number of amides is 1. The molecule has 1 amide bonds. The smallest absolute Gasteiger partial charge is 0.281 e. The molecule has 1 aromatic heterocycles. The minimum atomic E-state index is -0.110. The first-order valence-electron chi connectivity index (χ1n) is 6.73. The largest absolute Gasteiger partial charge is 0.465 e. The van der Waals surface area contributed by atoms with Crippen LogP contribution in [0.2, 0.25) is 0 Å². The van der Waals surface area contributed by atoms with Gasteiger partial charge < -0.3 is 4.42 Å². The summed E-state index contributed by atoms with van der Waals surface area (Å²) < 4.78 is 5.28. The molecule has 1 saturated heterocycles. The molecule has 0 N–H and O–H groups in total. The average Bonchev–Trinajstić information content (AvgIpc) is 3.09. The maximum atomic E-state index is 12.5. The van der Waals surface area contributed by atoms with Gasteiger partial charge in [0.05, 0.1) is 16.9 Å². The molecular formula is C16H15N3O2S. The lowest BCUT2D eigenvalue weighted by Gasteiger charge is -2.22. The van der Waals surface area contributed by atoms with Crippen LogP contribution >= 0.6 is 11.8 Å². The Morgan fingerprint density at radius 3 is 2.59 bits per heavy atom. The van der Waals surface area contributed by atoms with Crippen molar-refractivity contribution in [2.75, 3.05) is 14.1 Å². The van der Waals surface area contributed by atoms with Crippen molar-refractivity contribution in [2.24, 2.45) is 4.99 Å². The zero-order valence-electron chi connectivity index (χ0n) is 12.3. The van der Waals surface area contributed by atoms with Crippen molar-refractivity contribution in [1.82, 2.24) is 10.0 Å². The molecule has 1 fully saturated rings. The molecule has 0 saturated carbocycles. The van der Waals surface area contributed by atoms with Crippen LogP contribution in [0, 0.1) is 0 Å². The van der Waals surface area contributed by atoms with Crippen LogP contribution in [0.4, 0.5) is 5.69 Å². The van der Waals surface area contributed by atoms with Crippen LogP contribution in [0.5, 0.6) is 0 Å². The van der Waals surface area contributed by atoms with E-state index in [0.29, 0.717) is 15.8 Å². The van der Waals surface area contributed by atoms with Gasteiger partial charge in [0.25, 0.3) is 5.91 Å². The van der Waals surface area contributed by atoms with E-state index in [-0.39, 0.29) is 5.91 Å². The monoisotopic (exact) mass is 313 g/mol. The Balaban J connectivity index is 1.96. The van der Waals surface area contributed by atoms with E-state index in [9.17, 15) is 4.79 Å². The zero-order valence-corrected chi connectivity index (χ0v) is 13.1. The maximum absolute atomic E-state index is 12.5. The first kappa shape index (κ1) is 14.6. The first-order valence-corrected chi connectivity index (χ1v) is 7.55. The number of thioether (sulfide) groups is 1. The second kappa shape index (κ2) is 6.21. The molecule has 0 radical (unpaired) electrons. The van der Waals surface area contributed by atoms with Crippen molar-refractivity contribution in [3.05, 3.63) is 59.4 Å². The minimum absolute atomic E-state index is 0.110. The van der Waals surface area contributed by atoms with Gasteiger partial charge in [-0.25, -0.2) is 15.0 Å². The van der Waals surface area contributed by atoms with Crippen LogP contribution < -0.4 is 0 Å². The lowest BCUT2D eigenvalue weighted by molar-refractivity contribution is -0.130. The fourth-order valence-corrected chi connectivity index (χ4v) is 3.04. The zero-order chi connectivity index (χ0) is 15.5. The first-order chi connectivity index (χ1) is 10.6. The van der Waals surface area contributed by atoms with Gasteiger partial charge in [-0.2, -0.15) is 0 Å². The third-order valence-electron chi connectivity index (χ3n) is 2.98. The molecule has 112 valence electrons. The van der Waals surface area contributed by atoms with Crippen LogP contribution in [-0.4, -0.2) is 35.2 Å². The van der Waals surface area contributed by atoms with Gasteiger partial charge >= 0.3 is 0 Å². The number of benzene rings is 1. The lowest BCUT2D eigenvalue weighted by atomic mass is 10.3. The summed E-state index contributed by atoms with van der Waals surface area (Å²) in [6.07, 6.45) is 3.32. The molecule has 0 unspecified atom stereocenters. The van der Waals surface area contributed by atoms with E-state index >= 15 is 0 Å². The van der Waals surface area contributed by atoms with Crippen molar-refractivity contribution in [3.8, 4) is 0 Å². The van der Waals surface area contributed by atoms with E-state index in [1.165, 1.54) is 11.8 Å². The molecule has 0 bridgehead atoms. The number of furan rings is 1. The van der Waals surface area contributed by atoms with Gasteiger partial charge in [0.15, 0.2) is 5.17 Å². The van der Waals surface area contributed by atoms with Crippen LogP contribution in [0.25, 0.3) is 6.08 Å². The van der Waals surface area contributed by atoms with E-state index < -0.39 is 0 Å². The van der Waals surface area contributed by atoms with Crippen molar-refractivity contribution in [3.63, 3.8) is 0 Å². The van der Waals surface area contributed by atoms with E-state index in [4.69, 9.17) is 4.42 Å². The third-order valence-corrected chi connectivity index (χ3v) is 3.94. The van der Waals surface area contributed by atoms with E-state index in [0.717, 1.165) is 5.69 Å². The highest BCUT2D eigenvalue weighted by atomic mass is 32.2. The Kier molecular flexibility index (Phi) is 4.13. The number of hydrogen-bond acceptors (Lipinski definition) is 5. The molecule has 2 aromatic rings. The Morgan fingerprint density at radius 2 is 1.95 bits per heavy atom. The second-order valence-corrected chi connectivity index (χ2v) is 5.83. The van der Waals surface area contributed by atoms with E-state index in [1.54, 1.807) is 28.4 Å². The summed E-state index contributed by atoms with van der Waals surface area (Å²) in [5.74, 6) is 0.539. The van der Waals surface area contributed by atoms with Gasteiger partial charge in [-0.1, -0.05) is 18.2 Å². The molecule has 6 heteroatoms. The lowest BCUT2D eigenvalue weighted by Crippen LogP contribution is -2.40. The van der Waals surface area contributed by atoms with Crippen LogP contribution in [0.1, 0.15) is 5.76 Å². The number of carbonyl (C=O) groups excluding carboxylic acids is 1. The number of rotatable bonds is 3. The summed E-state index contributed by atoms with van der Waals surface area (Å²) in [4.78, 5) is 17.7. The van der Waals surface area contributed by atoms with Crippen molar-refractivity contribution >= 4 is 34.6 Å². The molecule has 0 aliphatic carbocycles. The van der Waals surface area contributed by atoms with Gasteiger partial charge in [-0.05, 0) is 36.0 Å². The highest BCUT2D eigenvalue weighted by Gasteiger charge is 2.35. The average molecular weight is 313 g/mol. The standard InChI is InChI=1S/C16H15N3O2S/c1-18(2)19-15(20)14(11-13-9-6-10-21-13)22-16(19)17-12-7-4-3-5-8-12/h3-11H,1-2H3. The molecule has 1 aliphatic rings. The normalized spacial score (nSPS) is 18.9. The molecule has 2 heterocycles. The van der Waals surface area contributed by atoms with Crippen molar-refractivity contribution in [1.29, 1.82) is 0 Å². The Labute approximate surface area is 132 Å². The Hall–Kier alpha value is -2.31. The summed E-state index contributed by atoms with van der Waals surface area (Å²) >= 11 is 1.33. The Morgan fingerprint density at radius 1 is 1.18 bits per heavy atom. The molecule has 22 heavy (non-hydrogen) atoms. The van der Waals surface area contributed by atoms with Crippen LogP contribution in [0.15, 0.2) is 63.0 Å². The van der Waals surface area contributed by atoms with Crippen molar-refractivity contribution < 1.29 is 9.21 Å².